The fourth-order valence-corrected chi connectivity index (χ4v) is 10.5. The highest BCUT2D eigenvalue weighted by atomic mass is 15.0. The van der Waals surface area contributed by atoms with E-state index >= 15 is 0 Å². The minimum atomic E-state index is -0.544. The Morgan fingerprint density at radius 1 is 0.271 bits per heavy atom. The Bertz CT molecular complexity index is 3370. The fourth-order valence-electron chi connectivity index (χ4n) is 10.5. The average molecular weight is 748 g/mol. The van der Waals surface area contributed by atoms with Gasteiger partial charge in [-0.3, -0.25) is 0 Å². The van der Waals surface area contributed by atoms with E-state index < -0.39 is 5.41 Å². The largest absolute Gasteiger partial charge is 0.208 e. The molecular formula is C56H33N3. The summed E-state index contributed by atoms with van der Waals surface area (Å²) < 4.78 is 0. The van der Waals surface area contributed by atoms with Crippen LogP contribution in [0.15, 0.2) is 200 Å². The Labute approximate surface area is 342 Å². The quantitative estimate of drug-likeness (QED) is 0.180. The van der Waals surface area contributed by atoms with E-state index in [9.17, 15) is 0 Å². The third-order valence-electron chi connectivity index (χ3n) is 12.9. The second kappa shape index (κ2) is 12.1. The summed E-state index contributed by atoms with van der Waals surface area (Å²) in [5.41, 5.74) is 20.1. The number of hydrogen-bond acceptors (Lipinski definition) is 3. The van der Waals surface area contributed by atoms with Crippen molar-refractivity contribution in [2.45, 2.75) is 5.41 Å². The first-order chi connectivity index (χ1) is 29.3. The lowest BCUT2D eigenvalue weighted by molar-refractivity contribution is 0.795. The van der Waals surface area contributed by atoms with Crippen molar-refractivity contribution in [3.63, 3.8) is 0 Å². The number of rotatable bonds is 4. The highest BCUT2D eigenvalue weighted by molar-refractivity contribution is 6.21. The lowest BCUT2D eigenvalue weighted by Crippen LogP contribution is -2.26. The molecule has 59 heavy (non-hydrogen) atoms. The van der Waals surface area contributed by atoms with Crippen LogP contribution in [0.25, 0.3) is 101 Å². The molecule has 3 heteroatoms. The summed E-state index contributed by atoms with van der Waals surface area (Å²) in [6.07, 6.45) is 0. The van der Waals surface area contributed by atoms with Gasteiger partial charge in [-0.15, -0.1) is 0 Å². The zero-order valence-electron chi connectivity index (χ0n) is 31.9. The van der Waals surface area contributed by atoms with E-state index in [0.717, 1.165) is 22.3 Å². The van der Waals surface area contributed by atoms with E-state index in [1.807, 2.05) is 24.3 Å². The second-order valence-electron chi connectivity index (χ2n) is 15.8. The Morgan fingerprint density at radius 3 is 1.42 bits per heavy atom. The van der Waals surface area contributed by atoms with Crippen LogP contribution in [0.3, 0.4) is 0 Å². The molecule has 3 aliphatic rings. The van der Waals surface area contributed by atoms with Crippen molar-refractivity contribution >= 4 is 10.8 Å². The van der Waals surface area contributed by atoms with Crippen LogP contribution in [0.5, 0.6) is 0 Å². The summed E-state index contributed by atoms with van der Waals surface area (Å²) in [7, 11) is 0. The van der Waals surface area contributed by atoms with Crippen molar-refractivity contribution in [1.29, 1.82) is 0 Å². The van der Waals surface area contributed by atoms with Gasteiger partial charge in [0.05, 0.1) is 5.41 Å². The molecule has 1 aromatic heterocycles. The molecule has 1 spiro atoms. The molecule has 1 atom stereocenters. The van der Waals surface area contributed by atoms with Gasteiger partial charge in [-0.25, -0.2) is 15.0 Å². The summed E-state index contributed by atoms with van der Waals surface area (Å²) in [6.45, 7) is 0. The van der Waals surface area contributed by atoms with Gasteiger partial charge in [-0.2, -0.15) is 0 Å². The van der Waals surface area contributed by atoms with E-state index in [0.29, 0.717) is 17.5 Å². The minimum Gasteiger partial charge on any atom is -0.208 e. The Hall–Kier alpha value is -7.75. The Kier molecular flexibility index (Phi) is 6.65. The number of nitrogens with zero attached hydrogens (tertiary/aromatic N) is 3. The van der Waals surface area contributed by atoms with Gasteiger partial charge in [0.2, 0.25) is 0 Å². The van der Waals surface area contributed by atoms with Gasteiger partial charge in [-0.05, 0) is 94.7 Å². The molecule has 0 fully saturated rings. The van der Waals surface area contributed by atoms with Crippen molar-refractivity contribution in [1.82, 2.24) is 15.0 Å². The van der Waals surface area contributed by atoms with Crippen molar-refractivity contribution in [2.75, 3.05) is 0 Å². The molecule has 1 unspecified atom stereocenters. The van der Waals surface area contributed by atoms with Gasteiger partial charge in [-0.1, -0.05) is 194 Å². The molecule has 3 aliphatic carbocycles. The van der Waals surface area contributed by atoms with Crippen LogP contribution in [-0.4, -0.2) is 15.0 Å². The summed E-state index contributed by atoms with van der Waals surface area (Å²) in [5, 5.41) is 2.66. The maximum atomic E-state index is 5.33. The molecule has 0 radical (unpaired) electrons. The second-order valence-corrected chi connectivity index (χ2v) is 15.8. The molecule has 1 heterocycles. The van der Waals surface area contributed by atoms with Crippen molar-refractivity contribution in [2.24, 2.45) is 0 Å². The van der Waals surface area contributed by atoms with Gasteiger partial charge in [0.1, 0.15) is 0 Å². The topological polar surface area (TPSA) is 38.7 Å². The molecule has 272 valence electrons. The molecule has 0 N–H and O–H groups in total. The lowest BCUT2D eigenvalue weighted by Gasteiger charge is -2.31. The first-order valence-electron chi connectivity index (χ1n) is 20.3. The lowest BCUT2D eigenvalue weighted by atomic mass is 9.70. The molecule has 3 nitrogen and oxygen atoms in total. The van der Waals surface area contributed by atoms with Gasteiger partial charge in [0.15, 0.2) is 17.5 Å². The van der Waals surface area contributed by atoms with Crippen LogP contribution in [0.1, 0.15) is 22.3 Å². The van der Waals surface area contributed by atoms with Gasteiger partial charge < -0.3 is 0 Å². The molecule has 10 aromatic rings. The molecule has 0 saturated heterocycles. The SMILES string of the molecule is c1ccc(-c2ccc(-c3nc(-c4ccccc4)nc(-c4cccc5c4-c4ccccc4C54c5ccccc5-c5c4cc4c6c(cccc56)-c5ccccc5-4)n3)cc2)cc1. The third kappa shape index (κ3) is 4.39. The zero-order chi connectivity index (χ0) is 38.7. The summed E-state index contributed by atoms with van der Waals surface area (Å²) in [5.74, 6) is 1.95. The first-order valence-corrected chi connectivity index (χ1v) is 20.3. The van der Waals surface area contributed by atoms with Crippen LogP contribution in [0.4, 0.5) is 0 Å². The number of fused-ring (bicyclic) bond motifs is 14. The van der Waals surface area contributed by atoms with Crippen LogP contribution < -0.4 is 0 Å². The zero-order valence-corrected chi connectivity index (χ0v) is 31.9. The highest BCUT2D eigenvalue weighted by Gasteiger charge is 2.53. The molecule has 0 aliphatic heterocycles. The van der Waals surface area contributed by atoms with Gasteiger partial charge >= 0.3 is 0 Å². The molecule has 0 bridgehead atoms. The highest BCUT2D eigenvalue weighted by Crippen LogP contribution is 2.66. The number of benzene rings is 9. The summed E-state index contributed by atoms with van der Waals surface area (Å²) in [6, 6.07) is 72.4. The maximum Gasteiger partial charge on any atom is 0.164 e. The predicted octanol–water partition coefficient (Wildman–Crippen LogP) is 13.7. The molecule has 0 saturated carbocycles. The summed E-state index contributed by atoms with van der Waals surface area (Å²) >= 11 is 0. The predicted molar refractivity (Wildman–Crippen MR) is 240 cm³/mol. The molecule has 9 aromatic carbocycles. The van der Waals surface area contributed by atoms with Crippen molar-refractivity contribution in [3.8, 4) is 89.8 Å². The molecule has 0 amide bonds. The van der Waals surface area contributed by atoms with E-state index in [1.165, 1.54) is 83.1 Å². The Morgan fingerprint density at radius 2 is 0.729 bits per heavy atom. The first kappa shape index (κ1) is 32.3. The van der Waals surface area contributed by atoms with E-state index in [2.05, 4.69) is 176 Å². The summed E-state index contributed by atoms with van der Waals surface area (Å²) in [4.78, 5) is 15.7. The van der Waals surface area contributed by atoms with E-state index in [4.69, 9.17) is 15.0 Å². The normalized spacial score (nSPS) is 14.8. The monoisotopic (exact) mass is 747 g/mol. The minimum absolute atomic E-state index is 0.544. The molecular weight excluding hydrogens is 715 g/mol. The van der Waals surface area contributed by atoms with Crippen LogP contribution in [-0.2, 0) is 5.41 Å². The van der Waals surface area contributed by atoms with E-state index in [-0.39, 0.29) is 0 Å². The molecule has 13 rings (SSSR count). The maximum absolute atomic E-state index is 5.33. The van der Waals surface area contributed by atoms with Crippen molar-refractivity contribution in [3.05, 3.63) is 222 Å². The van der Waals surface area contributed by atoms with Crippen molar-refractivity contribution < 1.29 is 0 Å². The third-order valence-corrected chi connectivity index (χ3v) is 12.9. The number of aromatic nitrogens is 3. The fraction of sp³-hybridized carbons (Fsp3) is 0.0179. The van der Waals surface area contributed by atoms with Gasteiger partial charge in [0.25, 0.3) is 0 Å². The van der Waals surface area contributed by atoms with Crippen LogP contribution >= 0.6 is 0 Å². The van der Waals surface area contributed by atoms with Crippen LogP contribution in [0.2, 0.25) is 0 Å². The number of hydrogen-bond donors (Lipinski definition) is 0. The van der Waals surface area contributed by atoms with Crippen LogP contribution in [0, 0.1) is 0 Å². The Balaban J connectivity index is 1.08. The smallest absolute Gasteiger partial charge is 0.164 e. The van der Waals surface area contributed by atoms with E-state index in [1.54, 1.807) is 0 Å². The standard InChI is InChI=1S/C56H33N3/c1-3-15-34(16-4-1)35-29-31-37(32-30-35)54-57-53(36-17-5-2-6-18-36)58-55(59-54)44-25-14-28-48-52(44)42-22-10-12-27-47(42)56(48)46-26-11-9-21-41(46)51-43-24-13-23-40-38-19-7-8-20-39(38)45(50(40)43)33-49(51)56/h1-33H. The van der Waals surface area contributed by atoms with Gasteiger partial charge in [0, 0.05) is 16.7 Å². The average Bonchev–Trinajstić information content (AvgIpc) is 3.92.